The van der Waals surface area contributed by atoms with Crippen LogP contribution in [-0.4, -0.2) is 35.1 Å². The van der Waals surface area contributed by atoms with Gasteiger partial charge in [-0.1, -0.05) is 13.3 Å². The van der Waals surface area contributed by atoms with Crippen molar-refractivity contribution in [1.82, 2.24) is 20.4 Å². The summed E-state index contributed by atoms with van der Waals surface area (Å²) in [6, 6.07) is 4.80. The second kappa shape index (κ2) is 10.3. The van der Waals surface area contributed by atoms with Gasteiger partial charge in [0.15, 0.2) is 11.5 Å². The second-order valence-corrected chi connectivity index (χ2v) is 9.15. The molecule has 9 nitrogen and oxygen atoms in total. The summed E-state index contributed by atoms with van der Waals surface area (Å²) in [5, 5.41) is 0.472. The first kappa shape index (κ1) is 23.7. The Kier molecular flexibility index (Phi) is 7.16. The zero-order valence-corrected chi connectivity index (χ0v) is 20.3. The number of hydrazine groups is 1. The van der Waals surface area contributed by atoms with Gasteiger partial charge >= 0.3 is 0 Å². The van der Waals surface area contributed by atoms with Crippen LogP contribution in [0.2, 0.25) is 0 Å². The van der Waals surface area contributed by atoms with Gasteiger partial charge in [0, 0.05) is 18.5 Å². The lowest BCUT2D eigenvalue weighted by molar-refractivity contribution is 0.0848. The highest BCUT2D eigenvalue weighted by molar-refractivity contribution is 7.20. The Hall–Kier alpha value is -3.40. The molecule has 1 aromatic carbocycles. The van der Waals surface area contributed by atoms with Crippen molar-refractivity contribution in [2.45, 2.75) is 52.5 Å². The molecule has 2 amide bonds. The monoisotopic (exact) mass is 484 g/mol. The molecule has 0 aliphatic carbocycles. The molecule has 2 N–H and O–H groups in total. The van der Waals surface area contributed by atoms with Gasteiger partial charge in [-0.15, -0.1) is 11.3 Å². The van der Waals surface area contributed by atoms with Crippen molar-refractivity contribution in [3.63, 3.8) is 0 Å². The quantitative estimate of drug-likeness (QED) is 0.519. The number of benzene rings is 1. The number of amides is 2. The maximum atomic E-state index is 13.1. The summed E-state index contributed by atoms with van der Waals surface area (Å²) in [6.45, 7) is 4.92. The maximum Gasteiger partial charge on any atom is 0.280 e. The first-order chi connectivity index (χ1) is 16.4. The van der Waals surface area contributed by atoms with Crippen LogP contribution in [0.25, 0.3) is 10.2 Å². The molecule has 0 fully saturated rings. The van der Waals surface area contributed by atoms with Gasteiger partial charge in [-0.3, -0.25) is 29.8 Å². The number of aryl methyl sites for hydroxylation is 2. The van der Waals surface area contributed by atoms with E-state index in [1.54, 1.807) is 29.7 Å². The van der Waals surface area contributed by atoms with Crippen LogP contribution in [-0.2, 0) is 13.0 Å². The number of hydrogen-bond donors (Lipinski definition) is 2. The second-order valence-electron chi connectivity index (χ2n) is 8.15. The molecule has 3 aromatic rings. The zero-order chi connectivity index (χ0) is 24.2. The van der Waals surface area contributed by atoms with Crippen molar-refractivity contribution >= 4 is 33.4 Å². The van der Waals surface area contributed by atoms with Gasteiger partial charge in [-0.2, -0.15) is 0 Å². The van der Waals surface area contributed by atoms with Crippen molar-refractivity contribution in [1.29, 1.82) is 0 Å². The summed E-state index contributed by atoms with van der Waals surface area (Å²) in [5.41, 5.74) is 5.65. The number of nitrogens with zero attached hydrogens (tertiary/aromatic N) is 2. The SMILES string of the molecule is CCCOc1ccc(C(=O)NNC(=O)c2sc3nc4n(c(=O)c3c2C)CCCCC4)cc1OC. The van der Waals surface area contributed by atoms with Crippen LogP contribution in [0.3, 0.4) is 0 Å². The summed E-state index contributed by atoms with van der Waals surface area (Å²) >= 11 is 1.16. The number of ether oxygens (including phenoxy) is 2. The molecule has 1 aliphatic rings. The van der Waals surface area contributed by atoms with E-state index >= 15 is 0 Å². The Morgan fingerprint density at radius 2 is 1.94 bits per heavy atom. The van der Waals surface area contributed by atoms with Crippen molar-refractivity contribution in [2.75, 3.05) is 13.7 Å². The molecule has 0 bridgehead atoms. The number of methoxy groups -OCH3 is 1. The fourth-order valence-corrected chi connectivity index (χ4v) is 5.09. The van der Waals surface area contributed by atoms with Crippen LogP contribution in [0.4, 0.5) is 0 Å². The first-order valence-electron chi connectivity index (χ1n) is 11.4. The number of rotatable bonds is 6. The minimum Gasteiger partial charge on any atom is -0.493 e. The number of carbonyl (C=O) groups excluding carboxylic acids is 2. The Bertz CT molecular complexity index is 1300. The fourth-order valence-electron chi connectivity index (χ4n) is 4.01. The molecule has 4 rings (SSSR count). The largest absolute Gasteiger partial charge is 0.493 e. The Balaban J connectivity index is 1.51. The summed E-state index contributed by atoms with van der Waals surface area (Å²) < 4.78 is 12.7. The van der Waals surface area contributed by atoms with Crippen molar-refractivity contribution in [3.8, 4) is 11.5 Å². The molecular weight excluding hydrogens is 456 g/mol. The van der Waals surface area contributed by atoms with E-state index in [0.29, 0.717) is 50.9 Å². The smallest absolute Gasteiger partial charge is 0.280 e. The average molecular weight is 485 g/mol. The van der Waals surface area contributed by atoms with E-state index < -0.39 is 11.8 Å². The Morgan fingerprint density at radius 1 is 1.15 bits per heavy atom. The molecule has 34 heavy (non-hydrogen) atoms. The lowest BCUT2D eigenvalue weighted by Gasteiger charge is -2.12. The molecule has 0 spiro atoms. The molecule has 0 unspecified atom stereocenters. The van der Waals surface area contributed by atoms with E-state index in [2.05, 4.69) is 15.8 Å². The van der Waals surface area contributed by atoms with Gasteiger partial charge in [0.25, 0.3) is 17.4 Å². The summed E-state index contributed by atoms with van der Waals surface area (Å²) in [5.74, 6) is 0.750. The summed E-state index contributed by atoms with van der Waals surface area (Å²) in [6.07, 6.45) is 4.62. The Morgan fingerprint density at radius 3 is 2.71 bits per heavy atom. The van der Waals surface area contributed by atoms with Crippen molar-refractivity contribution in [3.05, 3.63) is 50.4 Å². The maximum absolute atomic E-state index is 13.1. The number of hydrogen-bond acceptors (Lipinski definition) is 7. The molecule has 0 radical (unpaired) electrons. The Labute approximate surface area is 201 Å². The van der Waals surface area contributed by atoms with Gasteiger partial charge in [-0.25, -0.2) is 4.98 Å². The van der Waals surface area contributed by atoms with Gasteiger partial charge in [0.05, 0.1) is 24.0 Å². The number of aromatic nitrogens is 2. The third-order valence-electron chi connectivity index (χ3n) is 5.79. The molecule has 0 saturated heterocycles. The summed E-state index contributed by atoms with van der Waals surface area (Å²) in [7, 11) is 1.50. The topological polar surface area (TPSA) is 112 Å². The summed E-state index contributed by atoms with van der Waals surface area (Å²) in [4.78, 5) is 44.1. The lowest BCUT2D eigenvalue weighted by Crippen LogP contribution is -2.41. The number of thiophene rings is 1. The third kappa shape index (κ3) is 4.63. The van der Waals surface area contributed by atoms with E-state index in [1.165, 1.54) is 7.11 Å². The highest BCUT2D eigenvalue weighted by atomic mass is 32.1. The first-order valence-corrected chi connectivity index (χ1v) is 12.2. The number of fused-ring (bicyclic) bond motifs is 2. The van der Waals surface area contributed by atoms with E-state index in [4.69, 9.17) is 9.47 Å². The van der Waals surface area contributed by atoms with Gasteiger partial charge in [-0.05, 0) is 49.9 Å². The number of nitrogens with one attached hydrogen (secondary N) is 2. The normalized spacial score (nSPS) is 13.1. The predicted molar refractivity (Wildman–Crippen MR) is 130 cm³/mol. The molecule has 0 saturated carbocycles. The molecule has 1 aliphatic heterocycles. The standard InChI is InChI=1S/C24H28N4O5S/c1-4-12-33-16-10-9-15(13-17(16)32-3)21(29)26-27-22(30)20-14(2)19-23(34-20)25-18-8-6-5-7-11-28(18)24(19)31/h9-10,13H,4-8,11-12H2,1-3H3,(H,26,29)(H,27,30). The molecule has 10 heteroatoms. The van der Waals surface area contributed by atoms with Crippen LogP contribution in [0.5, 0.6) is 11.5 Å². The van der Waals surface area contributed by atoms with Crippen LogP contribution in [0.15, 0.2) is 23.0 Å². The highest BCUT2D eigenvalue weighted by Crippen LogP contribution is 2.29. The molecule has 0 atom stereocenters. The highest BCUT2D eigenvalue weighted by Gasteiger charge is 2.22. The van der Waals surface area contributed by atoms with Gasteiger partial charge in [0.2, 0.25) is 0 Å². The van der Waals surface area contributed by atoms with Crippen LogP contribution in [0.1, 0.15) is 64.0 Å². The van der Waals surface area contributed by atoms with E-state index in [1.807, 2.05) is 6.92 Å². The van der Waals surface area contributed by atoms with E-state index in [-0.39, 0.29) is 5.56 Å². The zero-order valence-electron chi connectivity index (χ0n) is 19.5. The van der Waals surface area contributed by atoms with Crippen LogP contribution in [0, 0.1) is 6.92 Å². The number of carbonyl (C=O) groups is 2. The van der Waals surface area contributed by atoms with Gasteiger partial charge < -0.3 is 9.47 Å². The third-order valence-corrected chi connectivity index (χ3v) is 6.98. The van der Waals surface area contributed by atoms with Gasteiger partial charge in [0.1, 0.15) is 10.7 Å². The molecule has 180 valence electrons. The molecule has 2 aromatic heterocycles. The minimum atomic E-state index is -0.502. The fraction of sp³-hybridized carbons (Fsp3) is 0.417. The van der Waals surface area contributed by atoms with Crippen LogP contribution < -0.4 is 25.9 Å². The van der Waals surface area contributed by atoms with Crippen LogP contribution >= 0.6 is 11.3 Å². The predicted octanol–water partition coefficient (Wildman–Crippen LogP) is 3.37. The van der Waals surface area contributed by atoms with Crippen molar-refractivity contribution in [2.24, 2.45) is 0 Å². The van der Waals surface area contributed by atoms with E-state index in [9.17, 15) is 14.4 Å². The average Bonchev–Trinajstić information content (AvgIpc) is 3.01. The molecular formula is C24H28N4O5S. The lowest BCUT2D eigenvalue weighted by atomic mass is 10.2. The van der Waals surface area contributed by atoms with E-state index in [0.717, 1.165) is 49.3 Å². The molecule has 3 heterocycles. The minimum absolute atomic E-state index is 0.101. The van der Waals surface area contributed by atoms with Crippen molar-refractivity contribution < 1.29 is 19.1 Å².